The third-order valence-electron chi connectivity index (χ3n) is 5.82. The number of amides is 1. The van der Waals surface area contributed by atoms with Gasteiger partial charge in [-0.3, -0.25) is 4.79 Å². The Morgan fingerprint density at radius 1 is 1.11 bits per heavy atom. The molecule has 5 heteroatoms. The van der Waals surface area contributed by atoms with Crippen LogP contribution in [0.3, 0.4) is 0 Å². The van der Waals surface area contributed by atoms with Gasteiger partial charge in [-0.05, 0) is 62.9 Å². The van der Waals surface area contributed by atoms with Crippen LogP contribution in [0.2, 0.25) is 0 Å². The molecular weight excluding hydrogens is 360 g/mol. The highest BCUT2D eigenvalue weighted by atomic mass is 35.5. The predicted octanol–water partition coefficient (Wildman–Crippen LogP) is 4.47. The highest BCUT2D eigenvalue weighted by Crippen LogP contribution is 2.58. The normalized spacial score (nSPS) is 21.0. The maximum Gasteiger partial charge on any atom is 0.224 e. The van der Waals surface area contributed by atoms with E-state index in [-0.39, 0.29) is 35.7 Å². The molecule has 1 heterocycles. The Labute approximate surface area is 167 Å². The van der Waals surface area contributed by atoms with Crippen molar-refractivity contribution in [3.05, 3.63) is 60.2 Å². The van der Waals surface area contributed by atoms with E-state index in [9.17, 15) is 4.79 Å². The minimum absolute atomic E-state index is 0. The van der Waals surface area contributed by atoms with Crippen LogP contribution in [-0.4, -0.2) is 19.0 Å². The molecule has 0 aromatic heterocycles. The van der Waals surface area contributed by atoms with E-state index < -0.39 is 0 Å². The minimum Gasteiger partial charge on any atom is -0.457 e. The zero-order valence-corrected chi connectivity index (χ0v) is 16.4. The first-order chi connectivity index (χ1) is 12.7. The van der Waals surface area contributed by atoms with E-state index in [1.54, 1.807) is 0 Å². The van der Waals surface area contributed by atoms with Crippen molar-refractivity contribution in [1.29, 1.82) is 0 Å². The monoisotopic (exact) mass is 386 g/mol. The van der Waals surface area contributed by atoms with Crippen molar-refractivity contribution in [3.63, 3.8) is 0 Å². The number of halogens is 1. The number of benzene rings is 2. The zero-order valence-electron chi connectivity index (χ0n) is 15.6. The number of rotatable bonds is 5. The highest BCUT2D eigenvalue weighted by Gasteiger charge is 2.57. The first-order valence-electron chi connectivity index (χ1n) is 9.51. The molecule has 2 atom stereocenters. The molecule has 144 valence electrons. The molecule has 2 unspecified atom stereocenters. The lowest BCUT2D eigenvalue weighted by Crippen LogP contribution is -2.34. The Morgan fingerprint density at radius 2 is 1.78 bits per heavy atom. The maximum atomic E-state index is 12.8. The summed E-state index contributed by atoms with van der Waals surface area (Å²) in [4.78, 5) is 12.8. The quantitative estimate of drug-likeness (QED) is 0.797. The summed E-state index contributed by atoms with van der Waals surface area (Å²) in [5, 5.41) is 6.61. The third kappa shape index (κ3) is 4.28. The molecule has 1 aliphatic heterocycles. The van der Waals surface area contributed by atoms with E-state index in [4.69, 9.17) is 4.74 Å². The second-order valence-corrected chi connectivity index (χ2v) is 7.55. The number of hydrogen-bond acceptors (Lipinski definition) is 3. The molecule has 1 saturated carbocycles. The molecule has 2 aromatic carbocycles. The molecular formula is C22H27ClN2O2. The van der Waals surface area contributed by atoms with Gasteiger partial charge in [0.2, 0.25) is 5.91 Å². The fraction of sp³-hybridized carbons (Fsp3) is 0.409. The van der Waals surface area contributed by atoms with E-state index in [2.05, 4.69) is 10.6 Å². The van der Waals surface area contributed by atoms with Crippen LogP contribution in [0.5, 0.6) is 11.5 Å². The molecule has 0 bridgehead atoms. The number of para-hydroxylation sites is 2. The predicted molar refractivity (Wildman–Crippen MR) is 109 cm³/mol. The van der Waals surface area contributed by atoms with E-state index >= 15 is 0 Å². The molecule has 2 N–H and O–H groups in total. The summed E-state index contributed by atoms with van der Waals surface area (Å²) in [5.74, 6) is 1.95. The van der Waals surface area contributed by atoms with E-state index in [0.29, 0.717) is 0 Å². The van der Waals surface area contributed by atoms with Gasteiger partial charge in [0.1, 0.15) is 11.5 Å². The van der Waals surface area contributed by atoms with E-state index in [1.807, 2.05) is 61.5 Å². The molecule has 2 fully saturated rings. The van der Waals surface area contributed by atoms with Crippen molar-refractivity contribution in [2.24, 2.45) is 11.3 Å². The van der Waals surface area contributed by atoms with Gasteiger partial charge in [-0.2, -0.15) is 0 Å². The van der Waals surface area contributed by atoms with Crippen LogP contribution in [0.25, 0.3) is 0 Å². The van der Waals surface area contributed by atoms with Crippen molar-refractivity contribution in [2.75, 3.05) is 13.1 Å². The number of hydrogen-bond donors (Lipinski definition) is 2. The van der Waals surface area contributed by atoms with Crippen molar-refractivity contribution >= 4 is 18.3 Å². The van der Waals surface area contributed by atoms with Gasteiger partial charge < -0.3 is 15.4 Å². The lowest BCUT2D eigenvalue weighted by Gasteiger charge is -2.24. The summed E-state index contributed by atoms with van der Waals surface area (Å²) in [7, 11) is 0. The molecule has 27 heavy (non-hydrogen) atoms. The Balaban J connectivity index is 0.00000210. The van der Waals surface area contributed by atoms with E-state index in [1.165, 1.54) is 0 Å². The number of ether oxygens (including phenoxy) is 1. The molecule has 1 spiro atoms. The first-order valence-corrected chi connectivity index (χ1v) is 9.51. The fourth-order valence-electron chi connectivity index (χ4n) is 4.13. The summed E-state index contributed by atoms with van der Waals surface area (Å²) in [6.07, 6.45) is 3.27. The van der Waals surface area contributed by atoms with E-state index in [0.717, 1.165) is 49.4 Å². The topological polar surface area (TPSA) is 50.4 Å². The number of carbonyl (C=O) groups excluding carboxylic acids is 1. The van der Waals surface area contributed by atoms with Crippen molar-refractivity contribution < 1.29 is 9.53 Å². The molecule has 2 aromatic rings. The second-order valence-electron chi connectivity index (χ2n) is 7.55. The Hall–Kier alpha value is -2.04. The van der Waals surface area contributed by atoms with Crippen molar-refractivity contribution in [2.45, 2.75) is 32.2 Å². The van der Waals surface area contributed by atoms with Gasteiger partial charge in [-0.25, -0.2) is 0 Å². The van der Waals surface area contributed by atoms with Gasteiger partial charge in [0, 0.05) is 11.5 Å². The summed E-state index contributed by atoms with van der Waals surface area (Å²) in [5.41, 5.74) is 1.26. The lowest BCUT2D eigenvalue weighted by atomic mass is 9.91. The SMILES string of the molecule is CC(NC(=O)C1CC12CCNCC2)c1ccccc1Oc1ccccc1.Cl. The molecule has 1 amide bonds. The van der Waals surface area contributed by atoms with Crippen LogP contribution in [0.4, 0.5) is 0 Å². The van der Waals surface area contributed by atoms with Gasteiger partial charge in [-0.15, -0.1) is 12.4 Å². The van der Waals surface area contributed by atoms with Gasteiger partial charge in [0.25, 0.3) is 0 Å². The van der Waals surface area contributed by atoms with Crippen LogP contribution >= 0.6 is 12.4 Å². The molecule has 2 aliphatic rings. The average molecular weight is 387 g/mol. The minimum atomic E-state index is -0.0817. The maximum absolute atomic E-state index is 12.8. The lowest BCUT2D eigenvalue weighted by molar-refractivity contribution is -0.123. The summed E-state index contributed by atoms with van der Waals surface area (Å²) in [6, 6.07) is 17.6. The first kappa shape index (κ1) is 19.7. The molecule has 4 rings (SSSR count). The number of nitrogens with one attached hydrogen (secondary N) is 2. The summed E-state index contributed by atoms with van der Waals surface area (Å²) < 4.78 is 6.04. The van der Waals surface area contributed by atoms with Gasteiger partial charge in [0.05, 0.1) is 6.04 Å². The van der Waals surface area contributed by atoms with Crippen LogP contribution in [-0.2, 0) is 4.79 Å². The van der Waals surface area contributed by atoms with Crippen molar-refractivity contribution in [1.82, 2.24) is 10.6 Å². The molecule has 4 nitrogen and oxygen atoms in total. The highest BCUT2D eigenvalue weighted by molar-refractivity contribution is 5.85. The van der Waals surface area contributed by atoms with Crippen LogP contribution in [0.1, 0.15) is 37.8 Å². The smallest absolute Gasteiger partial charge is 0.224 e. The molecule has 1 aliphatic carbocycles. The average Bonchev–Trinajstić information content (AvgIpc) is 3.36. The molecule has 1 saturated heterocycles. The summed E-state index contributed by atoms with van der Waals surface area (Å²) in [6.45, 7) is 4.10. The van der Waals surface area contributed by atoms with Gasteiger partial charge >= 0.3 is 0 Å². The third-order valence-corrected chi connectivity index (χ3v) is 5.82. The number of piperidine rings is 1. The van der Waals surface area contributed by atoms with Crippen LogP contribution in [0.15, 0.2) is 54.6 Å². The second kappa shape index (κ2) is 8.32. The Bertz CT molecular complexity index is 775. The Kier molecular flexibility index (Phi) is 6.08. The largest absolute Gasteiger partial charge is 0.457 e. The Morgan fingerprint density at radius 3 is 2.52 bits per heavy atom. The van der Waals surface area contributed by atoms with Crippen LogP contribution in [0, 0.1) is 11.3 Å². The van der Waals surface area contributed by atoms with Gasteiger partial charge in [-0.1, -0.05) is 36.4 Å². The zero-order chi connectivity index (χ0) is 18.0. The molecule has 0 radical (unpaired) electrons. The van der Waals surface area contributed by atoms with Gasteiger partial charge in [0.15, 0.2) is 0 Å². The summed E-state index contributed by atoms with van der Waals surface area (Å²) >= 11 is 0. The number of carbonyl (C=O) groups is 1. The van der Waals surface area contributed by atoms with Crippen LogP contribution < -0.4 is 15.4 Å². The fourth-order valence-corrected chi connectivity index (χ4v) is 4.13. The van der Waals surface area contributed by atoms with Crippen molar-refractivity contribution in [3.8, 4) is 11.5 Å². The standard InChI is InChI=1S/C22H26N2O2.ClH/c1-16(24-21(25)19-15-22(19)11-13-23-14-12-22)18-9-5-6-10-20(18)26-17-7-3-2-4-8-17;/h2-10,16,19,23H,11-15H2,1H3,(H,24,25);1H.